The van der Waals surface area contributed by atoms with Crippen LogP contribution >= 0.6 is 0 Å². The predicted molar refractivity (Wildman–Crippen MR) is 89.0 cm³/mol. The Morgan fingerprint density at radius 2 is 1.81 bits per heavy atom. The average molecular weight is 369 g/mol. The normalized spacial score (nSPS) is 11.3. The molecule has 0 fully saturated rings. The van der Waals surface area contributed by atoms with Gasteiger partial charge in [-0.1, -0.05) is 18.2 Å². The molecule has 140 valence electrons. The summed E-state index contributed by atoms with van der Waals surface area (Å²) in [5, 5.41) is 0. The summed E-state index contributed by atoms with van der Waals surface area (Å²) in [6.07, 6.45) is -3.69. The van der Waals surface area contributed by atoms with Gasteiger partial charge in [-0.3, -0.25) is 4.79 Å². The highest BCUT2D eigenvalue weighted by Gasteiger charge is 2.29. The van der Waals surface area contributed by atoms with Crippen molar-refractivity contribution in [3.63, 3.8) is 0 Å². The van der Waals surface area contributed by atoms with Gasteiger partial charge < -0.3 is 9.64 Å². The fraction of sp³-hybridized carbons (Fsp3) is 0.316. The van der Waals surface area contributed by atoms with E-state index in [4.69, 9.17) is 4.74 Å². The molecule has 7 heteroatoms. The molecule has 0 saturated carbocycles. The quantitative estimate of drug-likeness (QED) is 0.525. The van der Waals surface area contributed by atoms with E-state index in [-0.39, 0.29) is 25.5 Å². The van der Waals surface area contributed by atoms with Crippen molar-refractivity contribution in [2.75, 3.05) is 13.7 Å². The minimum Gasteiger partial charge on any atom is -0.493 e. The zero-order valence-electron chi connectivity index (χ0n) is 14.2. The summed E-state index contributed by atoms with van der Waals surface area (Å²) in [4.78, 5) is 13.5. The number of rotatable bonds is 7. The molecule has 2 rings (SSSR count). The summed E-state index contributed by atoms with van der Waals surface area (Å²) < 4.78 is 56.0. The Balaban J connectivity index is 1.75. The number of ether oxygens (including phenoxy) is 1. The van der Waals surface area contributed by atoms with E-state index in [1.165, 1.54) is 35.2 Å². The van der Waals surface area contributed by atoms with Gasteiger partial charge >= 0.3 is 6.18 Å². The zero-order valence-corrected chi connectivity index (χ0v) is 14.2. The van der Waals surface area contributed by atoms with Crippen molar-refractivity contribution in [2.45, 2.75) is 25.6 Å². The molecule has 0 N–H and O–H groups in total. The molecule has 2 aromatic carbocycles. The van der Waals surface area contributed by atoms with E-state index in [2.05, 4.69) is 0 Å². The van der Waals surface area contributed by atoms with Crippen molar-refractivity contribution in [3.8, 4) is 5.75 Å². The molecule has 0 bridgehead atoms. The fourth-order valence-corrected chi connectivity index (χ4v) is 2.32. The van der Waals surface area contributed by atoms with E-state index < -0.39 is 17.6 Å². The number of alkyl halides is 3. The molecule has 0 aliphatic rings. The Labute approximate surface area is 149 Å². The second kappa shape index (κ2) is 8.69. The molecule has 26 heavy (non-hydrogen) atoms. The number of hydrogen-bond acceptors (Lipinski definition) is 2. The van der Waals surface area contributed by atoms with Gasteiger partial charge in [0.2, 0.25) is 5.91 Å². The first-order valence-corrected chi connectivity index (χ1v) is 8.04. The van der Waals surface area contributed by atoms with E-state index in [1.54, 1.807) is 13.1 Å². The number of hydrogen-bond donors (Lipinski definition) is 0. The number of halogens is 4. The highest BCUT2D eigenvalue weighted by Crippen LogP contribution is 2.29. The highest BCUT2D eigenvalue weighted by molar-refractivity contribution is 5.75. The SMILES string of the molecule is CN(Cc1ccc(C(F)(F)F)cc1)C(=O)CCCOc1cccc(F)c1. The van der Waals surface area contributed by atoms with Gasteiger partial charge in [-0.15, -0.1) is 0 Å². The lowest BCUT2D eigenvalue weighted by atomic mass is 10.1. The first kappa shape index (κ1) is 19.8. The van der Waals surface area contributed by atoms with Crippen LogP contribution in [0.5, 0.6) is 5.75 Å². The standard InChI is InChI=1S/C19H19F4NO2/c1-24(13-14-7-9-15(10-8-14)19(21,22)23)18(25)6-3-11-26-17-5-2-4-16(20)12-17/h2,4-5,7-10,12H,3,6,11,13H2,1H3. The summed E-state index contributed by atoms with van der Waals surface area (Å²) in [5.74, 6) is -0.141. The second-order valence-electron chi connectivity index (χ2n) is 5.85. The van der Waals surface area contributed by atoms with Gasteiger partial charge in [0.1, 0.15) is 11.6 Å². The minimum absolute atomic E-state index is 0.146. The predicted octanol–water partition coefficient (Wildman–Crippen LogP) is 4.66. The molecular formula is C19H19F4NO2. The van der Waals surface area contributed by atoms with Crippen LogP contribution in [0.3, 0.4) is 0 Å². The number of amides is 1. The first-order valence-electron chi connectivity index (χ1n) is 8.04. The molecule has 0 saturated heterocycles. The summed E-state index contributed by atoms with van der Waals surface area (Å²) in [6.45, 7) is 0.491. The minimum atomic E-state index is -4.37. The van der Waals surface area contributed by atoms with Crippen molar-refractivity contribution in [1.82, 2.24) is 4.90 Å². The van der Waals surface area contributed by atoms with Crippen LogP contribution < -0.4 is 4.74 Å². The van der Waals surface area contributed by atoms with Crippen LogP contribution in [0.2, 0.25) is 0 Å². The summed E-state index contributed by atoms with van der Waals surface area (Å²) >= 11 is 0. The van der Waals surface area contributed by atoms with Crippen molar-refractivity contribution in [2.24, 2.45) is 0 Å². The van der Waals surface area contributed by atoms with E-state index in [0.29, 0.717) is 17.7 Å². The van der Waals surface area contributed by atoms with E-state index >= 15 is 0 Å². The van der Waals surface area contributed by atoms with Gasteiger partial charge in [-0.25, -0.2) is 4.39 Å². The Kier molecular flexibility index (Phi) is 6.60. The third-order valence-electron chi connectivity index (χ3n) is 3.73. The van der Waals surface area contributed by atoms with Gasteiger partial charge in [0, 0.05) is 26.1 Å². The van der Waals surface area contributed by atoms with Crippen molar-refractivity contribution >= 4 is 5.91 Å². The van der Waals surface area contributed by atoms with Crippen LogP contribution in [-0.2, 0) is 17.5 Å². The lowest BCUT2D eigenvalue weighted by Crippen LogP contribution is -2.26. The van der Waals surface area contributed by atoms with Crippen LogP contribution in [0.4, 0.5) is 17.6 Å². The molecule has 0 radical (unpaired) electrons. The molecule has 0 aromatic heterocycles. The van der Waals surface area contributed by atoms with E-state index in [1.807, 2.05) is 0 Å². The second-order valence-corrected chi connectivity index (χ2v) is 5.85. The molecule has 0 unspecified atom stereocenters. The van der Waals surface area contributed by atoms with Gasteiger partial charge in [-0.05, 0) is 36.2 Å². The average Bonchev–Trinajstić information content (AvgIpc) is 2.58. The molecule has 0 aliphatic heterocycles. The molecule has 3 nitrogen and oxygen atoms in total. The lowest BCUT2D eigenvalue weighted by molar-refractivity contribution is -0.137. The first-order chi connectivity index (χ1) is 12.3. The van der Waals surface area contributed by atoms with Crippen LogP contribution in [0.1, 0.15) is 24.0 Å². The summed E-state index contributed by atoms with van der Waals surface area (Å²) in [6, 6.07) is 10.5. The molecule has 0 spiro atoms. The number of nitrogens with zero attached hydrogens (tertiary/aromatic N) is 1. The molecule has 2 aromatic rings. The maximum absolute atomic E-state index is 13.0. The molecule has 0 heterocycles. The maximum Gasteiger partial charge on any atom is 0.416 e. The lowest BCUT2D eigenvalue weighted by Gasteiger charge is -2.18. The third kappa shape index (κ3) is 6.06. The third-order valence-corrected chi connectivity index (χ3v) is 3.73. The number of benzene rings is 2. The Hall–Kier alpha value is -2.57. The largest absolute Gasteiger partial charge is 0.493 e. The molecule has 0 aliphatic carbocycles. The smallest absolute Gasteiger partial charge is 0.416 e. The molecule has 0 atom stereocenters. The summed E-state index contributed by atoms with van der Waals surface area (Å²) in [5.41, 5.74) is -0.102. The van der Waals surface area contributed by atoms with Gasteiger partial charge in [-0.2, -0.15) is 13.2 Å². The van der Waals surface area contributed by atoms with Crippen LogP contribution in [0.15, 0.2) is 48.5 Å². The molecular weight excluding hydrogens is 350 g/mol. The molecule has 1 amide bonds. The topological polar surface area (TPSA) is 29.5 Å². The number of carbonyl (C=O) groups is 1. The Bertz CT molecular complexity index is 729. The van der Waals surface area contributed by atoms with Crippen molar-refractivity contribution in [3.05, 3.63) is 65.5 Å². The maximum atomic E-state index is 13.0. The van der Waals surface area contributed by atoms with Crippen LogP contribution in [0.25, 0.3) is 0 Å². The number of carbonyl (C=O) groups excluding carboxylic acids is 1. The van der Waals surface area contributed by atoms with Crippen LogP contribution in [0, 0.1) is 5.82 Å². The van der Waals surface area contributed by atoms with E-state index in [9.17, 15) is 22.4 Å². The monoisotopic (exact) mass is 369 g/mol. The highest BCUT2D eigenvalue weighted by atomic mass is 19.4. The summed E-state index contributed by atoms with van der Waals surface area (Å²) in [7, 11) is 1.59. The Morgan fingerprint density at radius 1 is 1.12 bits per heavy atom. The van der Waals surface area contributed by atoms with Gasteiger partial charge in [0.25, 0.3) is 0 Å². The van der Waals surface area contributed by atoms with Gasteiger partial charge in [0.05, 0.1) is 12.2 Å². The van der Waals surface area contributed by atoms with Crippen molar-refractivity contribution in [1.29, 1.82) is 0 Å². The zero-order chi connectivity index (χ0) is 19.2. The van der Waals surface area contributed by atoms with Crippen molar-refractivity contribution < 1.29 is 27.1 Å². The van der Waals surface area contributed by atoms with Crippen LogP contribution in [-0.4, -0.2) is 24.5 Å². The van der Waals surface area contributed by atoms with Gasteiger partial charge in [0.15, 0.2) is 0 Å². The Morgan fingerprint density at radius 3 is 2.42 bits per heavy atom. The van der Waals surface area contributed by atoms with E-state index in [0.717, 1.165) is 12.1 Å². The fourth-order valence-electron chi connectivity index (χ4n) is 2.32.